The molecule has 100 valence electrons. The topological polar surface area (TPSA) is 70.4 Å². The maximum absolute atomic E-state index is 11.2. The van der Waals surface area contributed by atoms with E-state index in [9.17, 15) is 15.0 Å². The Morgan fingerprint density at radius 2 is 2.16 bits per heavy atom. The third-order valence-corrected chi connectivity index (χ3v) is 3.27. The van der Waals surface area contributed by atoms with Crippen molar-refractivity contribution < 1.29 is 15.0 Å². The fourth-order valence-corrected chi connectivity index (χ4v) is 2.24. The summed E-state index contributed by atoms with van der Waals surface area (Å²) in [6.45, 7) is 1.91. The SMILES string of the molecule is CCCC(C(=O)O)C(O)c1ccc2ncccc2c1. The van der Waals surface area contributed by atoms with E-state index in [0.717, 1.165) is 17.3 Å². The summed E-state index contributed by atoms with van der Waals surface area (Å²) in [5.41, 5.74) is 1.46. The molecule has 2 rings (SSSR count). The van der Waals surface area contributed by atoms with Crippen LogP contribution in [0.4, 0.5) is 0 Å². The molecular formula is C15H17NO3. The van der Waals surface area contributed by atoms with Gasteiger partial charge in [0, 0.05) is 11.6 Å². The van der Waals surface area contributed by atoms with Crippen molar-refractivity contribution in [3.63, 3.8) is 0 Å². The largest absolute Gasteiger partial charge is 0.481 e. The lowest BCUT2D eigenvalue weighted by molar-refractivity contribution is -0.146. The molecule has 2 atom stereocenters. The third kappa shape index (κ3) is 2.90. The monoisotopic (exact) mass is 259 g/mol. The van der Waals surface area contributed by atoms with Gasteiger partial charge < -0.3 is 10.2 Å². The molecule has 4 nitrogen and oxygen atoms in total. The molecule has 0 aliphatic rings. The van der Waals surface area contributed by atoms with Gasteiger partial charge in [0.15, 0.2) is 0 Å². The number of carbonyl (C=O) groups is 1. The molecule has 0 saturated carbocycles. The molecule has 0 aliphatic carbocycles. The maximum atomic E-state index is 11.2. The summed E-state index contributed by atoms with van der Waals surface area (Å²) in [6.07, 6.45) is 1.90. The summed E-state index contributed by atoms with van der Waals surface area (Å²) in [5.74, 6) is -1.72. The van der Waals surface area contributed by atoms with Crippen LogP contribution in [-0.4, -0.2) is 21.2 Å². The van der Waals surface area contributed by atoms with E-state index in [1.54, 1.807) is 24.4 Å². The van der Waals surface area contributed by atoms with Crippen LogP contribution < -0.4 is 0 Å². The highest BCUT2D eigenvalue weighted by atomic mass is 16.4. The number of hydrogen-bond acceptors (Lipinski definition) is 3. The highest BCUT2D eigenvalue weighted by Crippen LogP contribution is 2.28. The van der Waals surface area contributed by atoms with Gasteiger partial charge in [0.05, 0.1) is 17.5 Å². The van der Waals surface area contributed by atoms with Crippen molar-refractivity contribution in [1.29, 1.82) is 0 Å². The molecule has 0 spiro atoms. The molecule has 2 aromatic rings. The number of carboxylic acids is 1. The Morgan fingerprint density at radius 3 is 2.84 bits per heavy atom. The molecule has 1 aromatic carbocycles. The second-order valence-electron chi connectivity index (χ2n) is 4.63. The van der Waals surface area contributed by atoms with E-state index in [0.29, 0.717) is 12.0 Å². The van der Waals surface area contributed by atoms with Gasteiger partial charge in [-0.1, -0.05) is 25.5 Å². The van der Waals surface area contributed by atoms with Crippen molar-refractivity contribution in [1.82, 2.24) is 4.98 Å². The van der Waals surface area contributed by atoms with E-state index in [4.69, 9.17) is 0 Å². The zero-order valence-corrected chi connectivity index (χ0v) is 10.8. The quantitative estimate of drug-likeness (QED) is 0.866. The molecule has 0 fully saturated rings. The zero-order chi connectivity index (χ0) is 13.8. The molecule has 0 aliphatic heterocycles. The van der Waals surface area contributed by atoms with Gasteiger partial charge >= 0.3 is 5.97 Å². The summed E-state index contributed by atoms with van der Waals surface area (Å²) < 4.78 is 0. The number of rotatable bonds is 5. The normalized spacial score (nSPS) is 14.2. The molecule has 1 aromatic heterocycles. The summed E-state index contributed by atoms with van der Waals surface area (Å²) in [6, 6.07) is 9.07. The average molecular weight is 259 g/mol. The predicted octanol–water partition coefficient (Wildman–Crippen LogP) is 2.77. The molecule has 1 heterocycles. The fourth-order valence-electron chi connectivity index (χ4n) is 2.24. The number of aliphatic carboxylic acids is 1. The first-order valence-corrected chi connectivity index (χ1v) is 6.39. The lowest BCUT2D eigenvalue weighted by atomic mass is 9.91. The van der Waals surface area contributed by atoms with Crippen molar-refractivity contribution >= 4 is 16.9 Å². The van der Waals surface area contributed by atoms with E-state index < -0.39 is 18.0 Å². The van der Waals surface area contributed by atoms with E-state index in [1.165, 1.54) is 0 Å². The van der Waals surface area contributed by atoms with Crippen LogP contribution in [0.15, 0.2) is 36.5 Å². The number of hydrogen-bond donors (Lipinski definition) is 2. The first-order chi connectivity index (χ1) is 9.13. The van der Waals surface area contributed by atoms with Crippen LogP contribution in [0.25, 0.3) is 10.9 Å². The number of aromatic nitrogens is 1. The van der Waals surface area contributed by atoms with Crippen LogP contribution in [0.2, 0.25) is 0 Å². The lowest BCUT2D eigenvalue weighted by Gasteiger charge is -2.19. The van der Waals surface area contributed by atoms with Gasteiger partial charge in [0.25, 0.3) is 0 Å². The van der Waals surface area contributed by atoms with Crippen LogP contribution in [0, 0.1) is 5.92 Å². The first kappa shape index (κ1) is 13.5. The molecule has 0 amide bonds. The number of carboxylic acid groups (broad SMARTS) is 1. The average Bonchev–Trinajstić information content (AvgIpc) is 2.43. The minimum absolute atomic E-state index is 0.460. The van der Waals surface area contributed by atoms with Crippen LogP contribution in [0.5, 0.6) is 0 Å². The van der Waals surface area contributed by atoms with Crippen molar-refractivity contribution in [2.24, 2.45) is 5.92 Å². The number of nitrogens with zero attached hydrogens (tertiary/aromatic N) is 1. The first-order valence-electron chi connectivity index (χ1n) is 6.39. The van der Waals surface area contributed by atoms with Gasteiger partial charge in [0.1, 0.15) is 0 Å². The van der Waals surface area contributed by atoms with Gasteiger partial charge in [-0.2, -0.15) is 0 Å². The molecule has 0 saturated heterocycles. The molecule has 0 radical (unpaired) electrons. The standard InChI is InChI=1S/C15H17NO3/c1-2-4-12(15(18)19)14(17)11-6-7-13-10(9-11)5-3-8-16-13/h3,5-9,12,14,17H,2,4H2,1H3,(H,18,19). The maximum Gasteiger partial charge on any atom is 0.309 e. The number of benzene rings is 1. The smallest absolute Gasteiger partial charge is 0.309 e. The second kappa shape index (κ2) is 5.80. The number of aliphatic hydroxyl groups excluding tert-OH is 1. The molecule has 19 heavy (non-hydrogen) atoms. The Bertz CT molecular complexity index is 582. The van der Waals surface area contributed by atoms with Gasteiger partial charge in [-0.3, -0.25) is 9.78 Å². The van der Waals surface area contributed by atoms with Crippen LogP contribution in [0.1, 0.15) is 31.4 Å². The minimum Gasteiger partial charge on any atom is -0.481 e. The summed E-state index contributed by atoms with van der Waals surface area (Å²) in [4.78, 5) is 15.4. The summed E-state index contributed by atoms with van der Waals surface area (Å²) >= 11 is 0. The fraction of sp³-hybridized carbons (Fsp3) is 0.333. The second-order valence-corrected chi connectivity index (χ2v) is 4.63. The zero-order valence-electron chi connectivity index (χ0n) is 10.8. The highest BCUT2D eigenvalue weighted by molar-refractivity contribution is 5.79. The van der Waals surface area contributed by atoms with E-state index in [2.05, 4.69) is 4.98 Å². The molecule has 4 heteroatoms. The lowest BCUT2D eigenvalue weighted by Crippen LogP contribution is -2.21. The predicted molar refractivity (Wildman–Crippen MR) is 72.7 cm³/mol. The number of pyridine rings is 1. The van der Waals surface area contributed by atoms with E-state index in [1.807, 2.05) is 19.1 Å². The summed E-state index contributed by atoms with van der Waals surface area (Å²) in [5, 5.41) is 20.3. The Kier molecular flexibility index (Phi) is 4.12. The number of fused-ring (bicyclic) bond motifs is 1. The number of aliphatic hydroxyl groups is 1. The van der Waals surface area contributed by atoms with Crippen LogP contribution in [-0.2, 0) is 4.79 Å². The Labute approximate surface area is 111 Å². The molecule has 0 bridgehead atoms. The highest BCUT2D eigenvalue weighted by Gasteiger charge is 2.26. The van der Waals surface area contributed by atoms with Gasteiger partial charge in [-0.05, 0) is 30.2 Å². The van der Waals surface area contributed by atoms with E-state index in [-0.39, 0.29) is 0 Å². The van der Waals surface area contributed by atoms with Gasteiger partial charge in [-0.15, -0.1) is 0 Å². The van der Waals surface area contributed by atoms with E-state index >= 15 is 0 Å². The molecular weight excluding hydrogens is 242 g/mol. The van der Waals surface area contributed by atoms with Crippen molar-refractivity contribution in [3.8, 4) is 0 Å². The Morgan fingerprint density at radius 1 is 1.37 bits per heavy atom. The Hall–Kier alpha value is -1.94. The van der Waals surface area contributed by atoms with Gasteiger partial charge in [-0.25, -0.2) is 0 Å². The summed E-state index contributed by atoms with van der Waals surface area (Å²) in [7, 11) is 0. The third-order valence-electron chi connectivity index (χ3n) is 3.27. The van der Waals surface area contributed by atoms with Crippen LogP contribution >= 0.6 is 0 Å². The minimum atomic E-state index is -0.984. The molecule has 2 N–H and O–H groups in total. The van der Waals surface area contributed by atoms with Crippen molar-refractivity contribution in [3.05, 3.63) is 42.1 Å². The molecule has 2 unspecified atom stereocenters. The Balaban J connectivity index is 2.34. The van der Waals surface area contributed by atoms with Gasteiger partial charge in [0.2, 0.25) is 0 Å². The van der Waals surface area contributed by atoms with Crippen LogP contribution in [0.3, 0.4) is 0 Å². The van der Waals surface area contributed by atoms with Crippen molar-refractivity contribution in [2.45, 2.75) is 25.9 Å². The van der Waals surface area contributed by atoms with Crippen molar-refractivity contribution in [2.75, 3.05) is 0 Å².